The summed E-state index contributed by atoms with van der Waals surface area (Å²) in [5.41, 5.74) is 4.88. The van der Waals surface area contributed by atoms with Gasteiger partial charge in [-0.05, 0) is 60.0 Å². The van der Waals surface area contributed by atoms with Gasteiger partial charge in [-0.2, -0.15) is 0 Å². The molecule has 3 aliphatic rings. The van der Waals surface area contributed by atoms with E-state index in [1.807, 2.05) is 47.8 Å². The molecular formula is C39H35N9O8S2. The van der Waals surface area contributed by atoms with Crippen LogP contribution in [0.4, 0.5) is 22.3 Å². The summed E-state index contributed by atoms with van der Waals surface area (Å²) in [6.45, 7) is 2.21. The van der Waals surface area contributed by atoms with Crippen molar-refractivity contribution in [3.8, 4) is 22.4 Å². The van der Waals surface area contributed by atoms with Gasteiger partial charge in [0, 0.05) is 67.8 Å². The lowest BCUT2D eigenvalue weighted by atomic mass is 10.0. The number of piperazine rings is 1. The molecule has 1 atom stereocenters. The maximum atomic E-state index is 13.4. The Balaban J connectivity index is 0.894. The van der Waals surface area contributed by atoms with Crippen LogP contribution in [0.1, 0.15) is 33.6 Å². The number of nitrogens with one attached hydrogen (secondary N) is 2. The van der Waals surface area contributed by atoms with Crippen molar-refractivity contribution < 1.29 is 37.2 Å². The van der Waals surface area contributed by atoms with Crippen molar-refractivity contribution in [2.24, 2.45) is 0 Å². The number of carbonyl (C=O) groups is 6. The predicted octanol–water partition coefficient (Wildman–Crippen LogP) is 2.81. The molecule has 6 amide bonds. The third-order valence-corrected chi connectivity index (χ3v) is 11.9. The smallest absolute Gasteiger partial charge is 0.262 e. The van der Waals surface area contributed by atoms with Crippen LogP contribution in [-0.2, 0) is 29.2 Å². The number of imide groups is 2. The summed E-state index contributed by atoms with van der Waals surface area (Å²) in [6.07, 6.45) is 5.96. The number of amides is 6. The molecule has 0 bridgehead atoms. The molecule has 3 aliphatic heterocycles. The maximum absolute atomic E-state index is 13.4. The van der Waals surface area contributed by atoms with Crippen molar-refractivity contribution in [3.63, 3.8) is 0 Å². The molecule has 1 unspecified atom stereocenters. The SMILES string of the molecule is CS(=O)(=O)n1ccc(N(C=O)CC(=O)Nc2nc(-c3cccc(-c4ccnc(N5CCN(c6ccc7c(c6)C(=O)N(C6CCC(=O)NC6=O)C7=O)CC5)c4)c3)cs2)c1. The molecule has 19 heteroatoms. The summed E-state index contributed by atoms with van der Waals surface area (Å²) in [4.78, 5) is 90.7. The number of thiazole rings is 1. The molecule has 8 rings (SSSR count). The fourth-order valence-electron chi connectivity index (χ4n) is 7.19. The second kappa shape index (κ2) is 15.3. The first-order chi connectivity index (χ1) is 27.9. The number of anilines is 4. The number of fused-ring (bicyclic) bond motifs is 1. The molecule has 0 radical (unpaired) electrons. The summed E-state index contributed by atoms with van der Waals surface area (Å²) in [7, 11) is -3.54. The Morgan fingerprint density at radius 3 is 2.43 bits per heavy atom. The van der Waals surface area contributed by atoms with Gasteiger partial charge in [0.15, 0.2) is 5.13 Å². The lowest BCUT2D eigenvalue weighted by molar-refractivity contribution is -0.136. The maximum Gasteiger partial charge on any atom is 0.262 e. The normalized spacial score (nSPS) is 17.0. The Hall–Kier alpha value is -6.73. The highest BCUT2D eigenvalue weighted by Crippen LogP contribution is 2.33. The number of hydrogen-bond donors (Lipinski definition) is 2. The zero-order valence-corrected chi connectivity index (χ0v) is 32.5. The number of nitrogens with zero attached hydrogens (tertiary/aromatic N) is 7. The van der Waals surface area contributed by atoms with Crippen LogP contribution in [0.3, 0.4) is 0 Å². The standard InChI is InChI=1S/C39H35N9O8S2/c1-58(55,56)47-12-10-28(20-47)46(23-49)21-35(51)43-39-41-31(22-57-39)26-4-2-3-24(17-26)25-9-11-40-33(18-25)45-15-13-44(14-16-45)27-5-6-29-30(19-27)38(54)48(37(29)53)32-7-8-34(50)42-36(32)52/h2-6,9-12,17-20,22-23,32H,7-8,13-16,21H2,1H3,(H,41,43,51)(H,42,50,52). The number of pyridine rings is 1. The molecule has 17 nitrogen and oxygen atoms in total. The third-order valence-electron chi connectivity index (χ3n) is 10.2. The van der Waals surface area contributed by atoms with Gasteiger partial charge < -0.3 is 20.0 Å². The van der Waals surface area contributed by atoms with Crippen LogP contribution >= 0.6 is 11.3 Å². The van der Waals surface area contributed by atoms with Crippen molar-refractivity contribution >= 4 is 79.6 Å². The van der Waals surface area contributed by atoms with Gasteiger partial charge in [-0.3, -0.25) is 43.0 Å². The average molecular weight is 822 g/mol. The van der Waals surface area contributed by atoms with Gasteiger partial charge in [0.05, 0.1) is 28.8 Å². The van der Waals surface area contributed by atoms with Crippen LogP contribution in [-0.4, -0.2) is 108 Å². The Labute approximate surface area is 335 Å². The fraction of sp³-hybridized carbons (Fsp3) is 0.231. The zero-order chi connectivity index (χ0) is 40.7. The Morgan fingerprint density at radius 1 is 0.948 bits per heavy atom. The number of aromatic nitrogens is 3. The van der Waals surface area contributed by atoms with Crippen LogP contribution in [0.15, 0.2) is 84.6 Å². The van der Waals surface area contributed by atoms with Crippen LogP contribution in [0, 0.1) is 0 Å². The average Bonchev–Trinajstić information content (AvgIpc) is 3.96. The Morgan fingerprint density at radius 2 is 1.69 bits per heavy atom. The van der Waals surface area contributed by atoms with Crippen molar-refractivity contribution in [1.29, 1.82) is 0 Å². The zero-order valence-electron chi connectivity index (χ0n) is 30.9. The first-order valence-electron chi connectivity index (χ1n) is 18.1. The van der Waals surface area contributed by atoms with Gasteiger partial charge >= 0.3 is 0 Å². The van der Waals surface area contributed by atoms with E-state index in [1.54, 1.807) is 18.3 Å². The Kier molecular flexibility index (Phi) is 10.1. The van der Waals surface area contributed by atoms with Crippen molar-refractivity contribution in [3.05, 3.63) is 95.8 Å². The second-order valence-corrected chi connectivity index (χ2v) is 16.7. The summed E-state index contributed by atoms with van der Waals surface area (Å²) in [5.74, 6) is -1.84. The van der Waals surface area contributed by atoms with E-state index >= 15 is 0 Å². The number of piperidine rings is 1. The number of carbonyl (C=O) groups excluding carboxylic acids is 6. The number of rotatable bonds is 11. The van der Waals surface area contributed by atoms with Gasteiger partial charge in [-0.25, -0.2) is 18.4 Å². The van der Waals surface area contributed by atoms with Gasteiger partial charge in [0.2, 0.25) is 34.2 Å². The number of benzene rings is 2. The minimum atomic E-state index is -3.54. The summed E-state index contributed by atoms with van der Waals surface area (Å²) in [6, 6.07) is 17.3. The molecule has 0 aliphatic carbocycles. The van der Waals surface area contributed by atoms with Gasteiger partial charge in [0.1, 0.15) is 18.4 Å². The molecule has 5 aromatic rings. The van der Waals surface area contributed by atoms with E-state index in [9.17, 15) is 37.2 Å². The van der Waals surface area contributed by atoms with Crippen molar-refractivity contribution in [2.45, 2.75) is 18.9 Å². The van der Waals surface area contributed by atoms with Crippen molar-refractivity contribution in [2.75, 3.05) is 59.0 Å². The molecule has 296 valence electrons. The van der Waals surface area contributed by atoms with Gasteiger partial charge in [0.25, 0.3) is 11.8 Å². The molecule has 3 aromatic heterocycles. The third kappa shape index (κ3) is 7.55. The quantitative estimate of drug-likeness (QED) is 0.146. The minimum Gasteiger partial charge on any atom is -0.368 e. The van der Waals surface area contributed by atoms with Crippen LogP contribution in [0.5, 0.6) is 0 Å². The van der Waals surface area contributed by atoms with E-state index < -0.39 is 45.6 Å². The number of hydrogen-bond acceptors (Lipinski definition) is 13. The molecule has 0 spiro atoms. The lowest BCUT2D eigenvalue weighted by Crippen LogP contribution is -2.54. The highest BCUT2D eigenvalue weighted by atomic mass is 32.2. The van der Waals surface area contributed by atoms with Crippen LogP contribution in [0.2, 0.25) is 0 Å². The molecule has 2 N–H and O–H groups in total. The van der Waals surface area contributed by atoms with Crippen molar-refractivity contribution in [1.82, 2.24) is 24.2 Å². The first-order valence-corrected chi connectivity index (χ1v) is 20.9. The van der Waals surface area contributed by atoms with Crippen LogP contribution in [0.25, 0.3) is 22.4 Å². The highest BCUT2D eigenvalue weighted by Gasteiger charge is 2.44. The minimum absolute atomic E-state index is 0.0581. The summed E-state index contributed by atoms with van der Waals surface area (Å²) < 4.78 is 24.6. The highest BCUT2D eigenvalue weighted by molar-refractivity contribution is 7.89. The molecule has 0 saturated carbocycles. The molecule has 2 fully saturated rings. The van der Waals surface area contributed by atoms with E-state index in [0.717, 1.165) is 48.2 Å². The van der Waals surface area contributed by atoms with Gasteiger partial charge in [-0.1, -0.05) is 18.2 Å². The Bertz CT molecular complexity index is 2620. The van der Waals surface area contributed by atoms with Gasteiger partial charge in [-0.15, -0.1) is 11.3 Å². The molecular weight excluding hydrogens is 787 g/mol. The fourth-order valence-corrected chi connectivity index (χ4v) is 8.50. The first kappa shape index (κ1) is 38.2. The van der Waals surface area contributed by atoms with E-state index in [0.29, 0.717) is 43.4 Å². The summed E-state index contributed by atoms with van der Waals surface area (Å²) in [5, 5.41) is 7.09. The molecule has 2 aromatic carbocycles. The van der Waals surface area contributed by atoms with E-state index in [4.69, 9.17) is 0 Å². The van der Waals surface area contributed by atoms with E-state index in [-0.39, 0.29) is 36.2 Å². The largest absolute Gasteiger partial charge is 0.368 e. The van der Waals surface area contributed by atoms with E-state index in [2.05, 4.69) is 30.4 Å². The topological polar surface area (TPSA) is 204 Å². The molecule has 58 heavy (non-hydrogen) atoms. The molecule has 6 heterocycles. The van der Waals surface area contributed by atoms with Crippen LogP contribution < -0.4 is 25.3 Å². The molecule has 2 saturated heterocycles. The second-order valence-electron chi connectivity index (χ2n) is 13.9. The lowest BCUT2D eigenvalue weighted by Gasteiger charge is -2.37. The monoisotopic (exact) mass is 821 g/mol. The van der Waals surface area contributed by atoms with E-state index in [1.165, 1.54) is 29.8 Å². The predicted molar refractivity (Wildman–Crippen MR) is 215 cm³/mol. The summed E-state index contributed by atoms with van der Waals surface area (Å²) >= 11 is 1.23.